The van der Waals surface area contributed by atoms with Gasteiger partial charge in [-0.05, 0) is 0 Å². The van der Waals surface area contributed by atoms with Crippen molar-refractivity contribution in [1.29, 1.82) is 0 Å². The van der Waals surface area contributed by atoms with Crippen LogP contribution in [0.5, 0.6) is 0 Å². The third-order valence-corrected chi connectivity index (χ3v) is 23.3. The van der Waals surface area contributed by atoms with E-state index in [2.05, 4.69) is 55.4 Å². The average Bonchev–Trinajstić information content (AvgIpc) is 2.71. The second-order valence-electron chi connectivity index (χ2n) is 7.60. The molecule has 0 N–H and O–H groups in total. The molecule has 0 rings (SSSR count). The van der Waals surface area contributed by atoms with Gasteiger partial charge in [0.1, 0.15) is 0 Å². The van der Waals surface area contributed by atoms with Gasteiger partial charge in [0.2, 0.25) is 0 Å². The Kier molecular flexibility index (Phi) is 15.4. The van der Waals surface area contributed by atoms with Crippen LogP contribution >= 0.6 is 0 Å². The Labute approximate surface area is 177 Å². The third-order valence-electron chi connectivity index (χ3n) is 6.10. The van der Waals surface area contributed by atoms with Gasteiger partial charge in [0.05, 0.1) is 0 Å². The molecule has 4 nitrogen and oxygen atoms in total. The molecule has 0 amide bonds. The summed E-state index contributed by atoms with van der Waals surface area (Å²) in [6.07, 6.45) is 4.30. The second kappa shape index (κ2) is 14.9. The molecule has 27 heavy (non-hydrogen) atoms. The van der Waals surface area contributed by atoms with Crippen LogP contribution < -0.4 is 0 Å². The van der Waals surface area contributed by atoms with Crippen molar-refractivity contribution in [3.63, 3.8) is 0 Å². The van der Waals surface area contributed by atoms with Crippen LogP contribution in [0.15, 0.2) is 0 Å². The van der Waals surface area contributed by atoms with Gasteiger partial charge in [-0.1, -0.05) is 0 Å². The molecule has 0 saturated heterocycles. The van der Waals surface area contributed by atoms with E-state index in [1.54, 1.807) is 0 Å². The van der Waals surface area contributed by atoms with Crippen molar-refractivity contribution in [3.05, 3.63) is 0 Å². The van der Waals surface area contributed by atoms with Crippen molar-refractivity contribution >= 4 is 16.6 Å². The van der Waals surface area contributed by atoms with Crippen LogP contribution in [-0.4, -0.2) is 29.8 Å². The van der Waals surface area contributed by atoms with Crippen molar-refractivity contribution in [2.45, 2.75) is 117 Å². The number of rotatable bonds is 18. The third kappa shape index (κ3) is 9.12. The van der Waals surface area contributed by atoms with Crippen molar-refractivity contribution < 1.29 is 30.8 Å². The summed E-state index contributed by atoms with van der Waals surface area (Å²) in [6, 6.07) is 6.60. The van der Waals surface area contributed by atoms with Crippen LogP contribution in [0.3, 0.4) is 0 Å². The Balaban J connectivity index is 5.88. The van der Waals surface area contributed by atoms with Crippen molar-refractivity contribution in [3.8, 4) is 0 Å². The molecule has 0 unspecified atom stereocenters. The van der Waals surface area contributed by atoms with Crippen LogP contribution in [0.1, 0.15) is 81.1 Å². The molecule has 164 valence electrons. The van der Waals surface area contributed by atoms with Crippen LogP contribution in [0, 0.1) is 0 Å². The van der Waals surface area contributed by atoms with Crippen LogP contribution in [-0.2, 0) is 30.8 Å². The fourth-order valence-corrected chi connectivity index (χ4v) is 20.7. The van der Waals surface area contributed by atoms with Crippen molar-refractivity contribution in [1.82, 2.24) is 0 Å². The minimum absolute atomic E-state index is 0.700. The summed E-state index contributed by atoms with van der Waals surface area (Å²) in [7, 11) is -3.76. The first-order chi connectivity index (χ1) is 12.9. The molecule has 0 aromatic heterocycles. The molecular weight excluding hydrogens is 408 g/mol. The van der Waals surface area contributed by atoms with E-state index in [1.807, 2.05) is 0 Å². The summed E-state index contributed by atoms with van der Waals surface area (Å²) < 4.78 is 27.1. The molecule has 0 aromatic rings. The topological polar surface area (TPSA) is 36.9 Å². The first kappa shape index (κ1) is 28.0. The predicted octanol–water partition coefficient (Wildman–Crippen LogP) is 7.48. The molecule has 0 radical (unpaired) electrons. The maximum absolute atomic E-state index is 7.02. The quantitative estimate of drug-likeness (QED) is 0.158. The van der Waals surface area contributed by atoms with Gasteiger partial charge in [-0.3, -0.25) is 0 Å². The SMILES string of the molecule is CCCC[O][Ti]([O]CCCC)([O][Si](CC)(CC)CC)[O][Si](CC)(CC)CC. The Hall–Kier alpha value is 0.988. The zero-order valence-electron chi connectivity index (χ0n) is 19.6. The molecule has 0 aromatic carbocycles. The maximum atomic E-state index is 7.02. The van der Waals surface area contributed by atoms with Gasteiger partial charge < -0.3 is 0 Å². The first-order valence-corrected chi connectivity index (χ1v) is 19.2. The minimum atomic E-state index is -3.79. The fourth-order valence-electron chi connectivity index (χ4n) is 3.33. The monoisotopic (exact) mass is 456 g/mol. The number of hydrogen-bond donors (Lipinski definition) is 0. The fraction of sp³-hybridized carbons (Fsp3) is 1.00. The Morgan fingerprint density at radius 1 is 0.519 bits per heavy atom. The van der Waals surface area contributed by atoms with E-state index in [9.17, 15) is 0 Å². The average molecular weight is 457 g/mol. The second-order valence-corrected chi connectivity index (χ2v) is 21.4. The Morgan fingerprint density at radius 2 is 0.815 bits per heavy atom. The van der Waals surface area contributed by atoms with Crippen LogP contribution in [0.4, 0.5) is 0 Å². The normalized spacial score (nSPS) is 13.3. The number of hydrogen-bond acceptors (Lipinski definition) is 4. The van der Waals surface area contributed by atoms with E-state index in [1.165, 1.54) is 0 Å². The summed E-state index contributed by atoms with van der Waals surface area (Å²) in [5.74, 6) is 0. The van der Waals surface area contributed by atoms with Gasteiger partial charge in [0, 0.05) is 0 Å². The van der Waals surface area contributed by atoms with E-state index >= 15 is 0 Å². The summed E-state index contributed by atoms with van der Waals surface area (Å²) in [6.45, 7) is 19.4. The van der Waals surface area contributed by atoms with Gasteiger partial charge in [0.15, 0.2) is 0 Å². The van der Waals surface area contributed by atoms with E-state index in [4.69, 9.17) is 12.7 Å². The molecule has 0 spiro atoms. The summed E-state index contributed by atoms with van der Waals surface area (Å²) in [4.78, 5) is 0. The molecular formula is C20H48O4Si2Ti. The molecule has 0 aliphatic rings. The zero-order valence-corrected chi connectivity index (χ0v) is 23.2. The van der Waals surface area contributed by atoms with Crippen molar-refractivity contribution in [2.24, 2.45) is 0 Å². The summed E-state index contributed by atoms with van der Waals surface area (Å²) in [5.41, 5.74) is 0. The van der Waals surface area contributed by atoms with Crippen molar-refractivity contribution in [2.75, 3.05) is 13.2 Å². The van der Waals surface area contributed by atoms with E-state index in [0.717, 1.165) is 61.9 Å². The summed E-state index contributed by atoms with van der Waals surface area (Å²) in [5, 5.41) is 0. The summed E-state index contributed by atoms with van der Waals surface area (Å²) >= 11 is -3.79. The predicted molar refractivity (Wildman–Crippen MR) is 118 cm³/mol. The first-order valence-electron chi connectivity index (χ1n) is 11.6. The molecule has 0 aliphatic carbocycles. The zero-order chi connectivity index (χ0) is 20.8. The van der Waals surface area contributed by atoms with E-state index in [-0.39, 0.29) is 0 Å². The van der Waals surface area contributed by atoms with Gasteiger partial charge in [-0.25, -0.2) is 0 Å². The van der Waals surface area contributed by atoms with Gasteiger partial charge in [0.25, 0.3) is 0 Å². The number of unbranched alkanes of at least 4 members (excludes halogenated alkanes) is 2. The molecule has 0 bridgehead atoms. The van der Waals surface area contributed by atoms with E-state index < -0.39 is 34.8 Å². The molecule has 0 atom stereocenters. The van der Waals surface area contributed by atoms with E-state index in [0.29, 0.717) is 13.2 Å². The molecule has 7 heteroatoms. The molecule has 0 saturated carbocycles. The van der Waals surface area contributed by atoms with Gasteiger partial charge in [-0.2, -0.15) is 0 Å². The standard InChI is InChI=1S/2C6H15OSi.2C4H9O.Ti/c2*1-4-8(7,5-2)6-3;2*1-2-3-4-5;/h2*4-6H2,1-3H3;2*2-4H2,1H3;/q4*-1;+4. The molecule has 0 heterocycles. The Bertz CT molecular complexity index is 313. The van der Waals surface area contributed by atoms with Gasteiger partial charge in [-0.15, -0.1) is 0 Å². The Morgan fingerprint density at radius 3 is 1.04 bits per heavy atom. The molecule has 0 fully saturated rings. The van der Waals surface area contributed by atoms with Crippen LogP contribution in [0.25, 0.3) is 0 Å². The molecule has 0 aliphatic heterocycles. The van der Waals surface area contributed by atoms with Crippen LogP contribution in [0.2, 0.25) is 36.3 Å². The van der Waals surface area contributed by atoms with Gasteiger partial charge >= 0.3 is 178 Å².